The molecule has 2 heterocycles. The van der Waals surface area contributed by atoms with Crippen molar-refractivity contribution in [2.45, 2.75) is 43.9 Å². The van der Waals surface area contributed by atoms with E-state index in [-0.39, 0.29) is 36.2 Å². The molecule has 2 aromatic rings. The van der Waals surface area contributed by atoms with Gasteiger partial charge in [0, 0.05) is 42.5 Å². The third-order valence-corrected chi connectivity index (χ3v) is 9.63. The Labute approximate surface area is 246 Å². The number of amidine groups is 1. The Kier molecular flexibility index (Phi) is 10.1. The molecule has 0 saturated heterocycles. The number of nitrogens with zero attached hydrogens (tertiary/aromatic N) is 3. The molecule has 1 aromatic heterocycles. The van der Waals surface area contributed by atoms with Crippen molar-refractivity contribution in [3.8, 4) is 0 Å². The molecular formula is C26H31ClF2N4O6S2. The molecule has 2 N–H and O–H groups in total. The Morgan fingerprint density at radius 3 is 2.56 bits per heavy atom. The molecule has 1 aliphatic heterocycles. The Morgan fingerprint density at radius 2 is 1.98 bits per heavy atom. The number of methoxy groups -OCH3 is 2. The molecule has 224 valence electrons. The third-order valence-electron chi connectivity index (χ3n) is 7.16. The maximum atomic E-state index is 14.5. The average molecular weight is 633 g/mol. The van der Waals surface area contributed by atoms with Crippen LogP contribution in [-0.4, -0.2) is 80.4 Å². The second-order valence-electron chi connectivity index (χ2n) is 9.87. The van der Waals surface area contributed by atoms with E-state index in [2.05, 4.69) is 15.3 Å². The van der Waals surface area contributed by atoms with Gasteiger partial charge in [-0.1, -0.05) is 17.7 Å². The summed E-state index contributed by atoms with van der Waals surface area (Å²) in [7, 11) is -1.000. The number of carbonyl (C=O) groups is 1. The van der Waals surface area contributed by atoms with Crippen LogP contribution in [0.3, 0.4) is 0 Å². The minimum Gasteiger partial charge on any atom is -0.466 e. The molecule has 2 atom stereocenters. The van der Waals surface area contributed by atoms with Crippen LogP contribution in [0.5, 0.6) is 0 Å². The van der Waals surface area contributed by atoms with Crippen molar-refractivity contribution < 1.29 is 36.6 Å². The van der Waals surface area contributed by atoms with Crippen molar-refractivity contribution in [1.29, 1.82) is 0 Å². The Hall–Kier alpha value is -2.49. The molecular weight excluding hydrogens is 602 g/mol. The number of ether oxygens (including phenoxy) is 2. The molecule has 10 nitrogen and oxygen atoms in total. The van der Waals surface area contributed by atoms with E-state index in [1.54, 1.807) is 11.6 Å². The van der Waals surface area contributed by atoms with Gasteiger partial charge < -0.3 is 19.9 Å². The number of hydrogen-bond donors (Lipinski definition) is 2. The van der Waals surface area contributed by atoms with E-state index in [0.29, 0.717) is 42.2 Å². The summed E-state index contributed by atoms with van der Waals surface area (Å²) >= 11 is 7.53. The molecule has 0 amide bonds. The summed E-state index contributed by atoms with van der Waals surface area (Å²) in [6.45, 7) is -0.110. The van der Waals surface area contributed by atoms with Gasteiger partial charge in [0.2, 0.25) is 10.0 Å². The number of aromatic nitrogens is 1. The molecule has 15 heteroatoms. The number of aliphatic hydroxyl groups is 1. The number of halogens is 3. The molecule has 4 rings (SSSR count). The first-order valence-corrected chi connectivity index (χ1v) is 15.9. The number of aliphatic hydroxyl groups excluding tert-OH is 1. The Bertz CT molecular complexity index is 1430. The highest BCUT2D eigenvalue weighted by molar-refractivity contribution is 7.88. The molecule has 1 aliphatic carbocycles. The highest BCUT2D eigenvalue weighted by atomic mass is 35.5. The highest BCUT2D eigenvalue weighted by Gasteiger charge is 2.40. The Balaban J connectivity index is 1.72. The summed E-state index contributed by atoms with van der Waals surface area (Å²) in [5.41, 5.74) is 0.661. The van der Waals surface area contributed by atoms with Gasteiger partial charge in [0.15, 0.2) is 22.5 Å². The second-order valence-corrected chi connectivity index (χ2v) is 13.1. The lowest BCUT2D eigenvalue weighted by Crippen LogP contribution is -2.47. The number of thiazole rings is 1. The van der Waals surface area contributed by atoms with Gasteiger partial charge in [-0.3, -0.25) is 4.99 Å². The number of carbonyl (C=O) groups excluding carboxylic acids is 1. The van der Waals surface area contributed by atoms with Crippen molar-refractivity contribution in [3.05, 3.63) is 62.2 Å². The van der Waals surface area contributed by atoms with Crippen molar-refractivity contribution in [1.82, 2.24) is 14.6 Å². The van der Waals surface area contributed by atoms with Crippen molar-refractivity contribution in [2.24, 2.45) is 10.9 Å². The normalized spacial score (nSPS) is 22.3. The predicted molar refractivity (Wildman–Crippen MR) is 150 cm³/mol. The average Bonchev–Trinajstić information content (AvgIpc) is 3.49. The molecule has 41 heavy (non-hydrogen) atoms. The van der Waals surface area contributed by atoms with Crippen molar-refractivity contribution in [2.75, 3.05) is 33.6 Å². The van der Waals surface area contributed by atoms with Gasteiger partial charge in [0.05, 0.1) is 36.7 Å². The van der Waals surface area contributed by atoms with Gasteiger partial charge in [-0.2, -0.15) is 4.31 Å². The number of benzene rings is 1. The zero-order valence-corrected chi connectivity index (χ0v) is 25.0. The summed E-state index contributed by atoms with van der Waals surface area (Å²) in [5.74, 6) is -3.04. The van der Waals surface area contributed by atoms with E-state index in [9.17, 15) is 27.1 Å². The maximum Gasteiger partial charge on any atom is 0.338 e. The number of esters is 1. The first kappa shape index (κ1) is 31.4. The number of allylic oxidation sites excluding steroid dienone is 1. The molecule has 0 spiro atoms. The van der Waals surface area contributed by atoms with E-state index < -0.39 is 44.8 Å². The lowest BCUT2D eigenvalue weighted by atomic mass is 9.80. The van der Waals surface area contributed by atoms with Crippen LogP contribution in [0, 0.1) is 17.6 Å². The fraction of sp³-hybridized carbons (Fsp3) is 0.500. The lowest BCUT2D eigenvalue weighted by molar-refractivity contribution is -0.136. The van der Waals surface area contributed by atoms with Crippen LogP contribution < -0.4 is 5.32 Å². The molecule has 1 fully saturated rings. The number of rotatable bonds is 10. The van der Waals surface area contributed by atoms with Gasteiger partial charge in [-0.15, -0.1) is 11.3 Å². The van der Waals surface area contributed by atoms with Crippen LogP contribution in [0.2, 0.25) is 5.02 Å². The largest absolute Gasteiger partial charge is 0.466 e. The fourth-order valence-corrected chi connectivity index (χ4v) is 7.35. The summed E-state index contributed by atoms with van der Waals surface area (Å²) in [4.78, 5) is 22.2. The van der Waals surface area contributed by atoms with Gasteiger partial charge in [-0.25, -0.2) is 27.0 Å². The standard InChI is InChI=1S/C26H31ClF2N4O6S2/c1-38-13-16(34)12-33(41(3,36)37)15-6-4-14(5-7-15)22-19(26(35)39-2)23(17-8-9-18(28)21(29)20(17)27)32-24(31-22)25-30-10-11-40-25/h8-11,14-16,23,34H,4-7,12-13H2,1-3H3,(H,31,32)/t14-,15-,16-,23?/m1/s1. The van der Waals surface area contributed by atoms with Crippen LogP contribution in [0.1, 0.15) is 42.3 Å². The summed E-state index contributed by atoms with van der Waals surface area (Å²) in [6.07, 6.45) is 3.54. The number of hydrogen-bond acceptors (Lipinski definition) is 10. The van der Waals surface area contributed by atoms with Gasteiger partial charge >= 0.3 is 5.97 Å². The number of nitrogens with one attached hydrogen (secondary N) is 1. The Morgan fingerprint density at radius 1 is 1.27 bits per heavy atom. The first-order valence-electron chi connectivity index (χ1n) is 12.8. The first-order chi connectivity index (χ1) is 19.5. The number of sulfonamides is 1. The van der Waals surface area contributed by atoms with E-state index in [4.69, 9.17) is 21.1 Å². The molecule has 1 saturated carbocycles. The van der Waals surface area contributed by atoms with Gasteiger partial charge in [-0.05, 0) is 37.7 Å². The fourth-order valence-electron chi connectivity index (χ4n) is 5.31. The van der Waals surface area contributed by atoms with E-state index in [1.165, 1.54) is 35.9 Å². The summed E-state index contributed by atoms with van der Waals surface area (Å²) in [6, 6.07) is 0.720. The maximum absolute atomic E-state index is 14.5. The van der Waals surface area contributed by atoms with E-state index >= 15 is 0 Å². The van der Waals surface area contributed by atoms with E-state index in [1.807, 2.05) is 0 Å². The van der Waals surface area contributed by atoms with Crippen molar-refractivity contribution in [3.63, 3.8) is 0 Å². The topological polar surface area (TPSA) is 130 Å². The number of aliphatic imine (C=N–C) groups is 1. The van der Waals surface area contributed by atoms with Crippen LogP contribution in [0.4, 0.5) is 8.78 Å². The smallest absolute Gasteiger partial charge is 0.338 e. The van der Waals surface area contributed by atoms with Crippen LogP contribution in [0.15, 0.2) is 40.0 Å². The molecule has 2 aliphatic rings. The minimum absolute atomic E-state index is 0.00649. The summed E-state index contributed by atoms with van der Waals surface area (Å²) < 4.78 is 65.0. The molecule has 1 aromatic carbocycles. The van der Waals surface area contributed by atoms with Gasteiger partial charge in [0.1, 0.15) is 6.04 Å². The second kappa shape index (κ2) is 13.2. The molecule has 0 radical (unpaired) electrons. The van der Waals surface area contributed by atoms with Crippen LogP contribution in [-0.2, 0) is 24.3 Å². The lowest BCUT2D eigenvalue weighted by Gasteiger charge is -2.38. The summed E-state index contributed by atoms with van der Waals surface area (Å²) in [5, 5.41) is 15.2. The third kappa shape index (κ3) is 6.95. The zero-order valence-electron chi connectivity index (χ0n) is 22.6. The zero-order chi connectivity index (χ0) is 29.9. The molecule has 0 bridgehead atoms. The van der Waals surface area contributed by atoms with Gasteiger partial charge in [0.25, 0.3) is 0 Å². The highest BCUT2D eigenvalue weighted by Crippen LogP contribution is 2.42. The van der Waals surface area contributed by atoms with Crippen LogP contribution >= 0.6 is 22.9 Å². The SMILES string of the molecule is COC[C@H](O)CN([C@H]1CC[C@H](C2=C(C(=O)OC)C(c3ccc(F)c(F)c3Cl)N=C(c3nccs3)N2)CC1)S(C)(=O)=O. The van der Waals surface area contributed by atoms with Crippen molar-refractivity contribution >= 4 is 44.8 Å². The minimum atomic E-state index is -3.63. The quantitative estimate of drug-likeness (QED) is 0.301. The molecule has 1 unspecified atom stereocenters. The van der Waals surface area contributed by atoms with E-state index in [0.717, 1.165) is 12.3 Å². The van der Waals surface area contributed by atoms with Crippen LogP contribution in [0.25, 0.3) is 0 Å². The predicted octanol–water partition coefficient (Wildman–Crippen LogP) is 3.42. The monoisotopic (exact) mass is 632 g/mol.